The van der Waals surface area contributed by atoms with Crippen LogP contribution < -0.4 is 0 Å². The van der Waals surface area contributed by atoms with Crippen LogP contribution in [0, 0.1) is 5.92 Å². The van der Waals surface area contributed by atoms with Gasteiger partial charge in [0.1, 0.15) is 0 Å². The number of hydrogen-bond acceptors (Lipinski definition) is 3. The summed E-state index contributed by atoms with van der Waals surface area (Å²) < 4.78 is 11.1. The largest absolute Gasteiger partial charge is 0.396 e. The zero-order valence-electron chi connectivity index (χ0n) is 8.32. The van der Waals surface area contributed by atoms with Crippen molar-refractivity contribution in [1.82, 2.24) is 0 Å². The topological polar surface area (TPSA) is 38.7 Å². The van der Waals surface area contributed by atoms with E-state index >= 15 is 0 Å². The van der Waals surface area contributed by atoms with Crippen LogP contribution in [0.1, 0.15) is 20.3 Å². The van der Waals surface area contributed by atoms with E-state index in [0.717, 1.165) is 0 Å². The van der Waals surface area contributed by atoms with Crippen molar-refractivity contribution in [3.05, 3.63) is 12.7 Å². The van der Waals surface area contributed by atoms with Crippen LogP contribution in [0.2, 0.25) is 0 Å². The molecule has 1 fully saturated rings. The van der Waals surface area contributed by atoms with Crippen molar-refractivity contribution in [3.63, 3.8) is 0 Å². The third-order valence-electron chi connectivity index (χ3n) is 2.27. The molecule has 0 aromatic heterocycles. The monoisotopic (exact) mass is 186 g/mol. The first-order valence-electron chi connectivity index (χ1n) is 4.64. The van der Waals surface area contributed by atoms with Crippen LogP contribution in [0.15, 0.2) is 12.7 Å². The van der Waals surface area contributed by atoms with Crippen molar-refractivity contribution in [3.8, 4) is 0 Å². The second-order valence-corrected chi connectivity index (χ2v) is 3.78. The summed E-state index contributed by atoms with van der Waals surface area (Å²) in [7, 11) is 0. The van der Waals surface area contributed by atoms with E-state index in [9.17, 15) is 0 Å². The highest BCUT2D eigenvalue weighted by molar-refractivity contribution is 4.88. The minimum absolute atomic E-state index is 0.0413. The van der Waals surface area contributed by atoms with Crippen LogP contribution in [0.25, 0.3) is 0 Å². The van der Waals surface area contributed by atoms with Crippen LogP contribution in [-0.4, -0.2) is 30.2 Å². The minimum Gasteiger partial charge on any atom is -0.396 e. The average molecular weight is 186 g/mol. The lowest BCUT2D eigenvalue weighted by atomic mass is 10.00. The van der Waals surface area contributed by atoms with E-state index in [1.165, 1.54) is 0 Å². The van der Waals surface area contributed by atoms with Crippen molar-refractivity contribution in [2.24, 2.45) is 5.92 Å². The fourth-order valence-electron chi connectivity index (χ4n) is 1.53. The highest BCUT2D eigenvalue weighted by atomic mass is 16.7. The summed E-state index contributed by atoms with van der Waals surface area (Å²) in [6.45, 7) is 8.27. The van der Waals surface area contributed by atoms with Crippen LogP contribution in [0.4, 0.5) is 0 Å². The SMILES string of the molecule is C=C[C@H](CCO)[C@H]1COC(C)(C)O1. The molecular weight excluding hydrogens is 168 g/mol. The first-order valence-corrected chi connectivity index (χ1v) is 4.64. The molecule has 0 unspecified atom stereocenters. The van der Waals surface area contributed by atoms with E-state index in [1.807, 2.05) is 19.9 Å². The molecule has 0 radical (unpaired) electrons. The van der Waals surface area contributed by atoms with Gasteiger partial charge >= 0.3 is 0 Å². The fraction of sp³-hybridized carbons (Fsp3) is 0.800. The van der Waals surface area contributed by atoms with E-state index in [0.29, 0.717) is 13.0 Å². The summed E-state index contributed by atoms with van der Waals surface area (Å²) in [5.74, 6) is -0.298. The summed E-state index contributed by atoms with van der Waals surface area (Å²) in [4.78, 5) is 0. The highest BCUT2D eigenvalue weighted by Gasteiger charge is 2.35. The van der Waals surface area contributed by atoms with E-state index in [-0.39, 0.29) is 18.6 Å². The minimum atomic E-state index is -0.485. The Labute approximate surface area is 79.3 Å². The van der Waals surface area contributed by atoms with Crippen LogP contribution >= 0.6 is 0 Å². The molecule has 0 aromatic rings. The molecule has 13 heavy (non-hydrogen) atoms. The van der Waals surface area contributed by atoms with Crippen molar-refractivity contribution in [2.75, 3.05) is 13.2 Å². The molecule has 3 nitrogen and oxygen atoms in total. The second kappa shape index (κ2) is 4.22. The molecule has 0 aliphatic carbocycles. The number of ether oxygens (including phenoxy) is 2. The lowest BCUT2D eigenvalue weighted by Crippen LogP contribution is -2.26. The third-order valence-corrected chi connectivity index (χ3v) is 2.27. The Hall–Kier alpha value is -0.380. The molecule has 1 aliphatic rings. The van der Waals surface area contributed by atoms with Gasteiger partial charge in [0.15, 0.2) is 5.79 Å². The zero-order chi connectivity index (χ0) is 9.90. The molecule has 1 aliphatic heterocycles. The van der Waals surface area contributed by atoms with E-state index in [1.54, 1.807) is 0 Å². The Bertz CT molecular complexity index is 177. The van der Waals surface area contributed by atoms with Gasteiger partial charge in [-0.3, -0.25) is 0 Å². The normalized spacial score (nSPS) is 28.7. The molecule has 0 aromatic carbocycles. The molecule has 0 amide bonds. The summed E-state index contributed by atoms with van der Waals surface area (Å²) >= 11 is 0. The molecule has 76 valence electrons. The van der Waals surface area contributed by atoms with Crippen molar-refractivity contribution in [2.45, 2.75) is 32.2 Å². The average Bonchev–Trinajstić information content (AvgIpc) is 2.42. The van der Waals surface area contributed by atoms with Gasteiger partial charge in [-0.25, -0.2) is 0 Å². The molecule has 1 saturated heterocycles. The Morgan fingerprint density at radius 1 is 1.69 bits per heavy atom. The van der Waals surface area contributed by atoms with Gasteiger partial charge in [0.25, 0.3) is 0 Å². The Balaban J connectivity index is 2.47. The van der Waals surface area contributed by atoms with Gasteiger partial charge in [0.05, 0.1) is 12.7 Å². The Kier molecular flexibility index (Phi) is 3.47. The Morgan fingerprint density at radius 3 is 2.77 bits per heavy atom. The summed E-state index contributed by atoms with van der Waals surface area (Å²) in [6.07, 6.45) is 2.55. The van der Waals surface area contributed by atoms with Crippen molar-refractivity contribution < 1.29 is 14.6 Å². The van der Waals surface area contributed by atoms with Crippen molar-refractivity contribution >= 4 is 0 Å². The molecule has 1 rings (SSSR count). The zero-order valence-corrected chi connectivity index (χ0v) is 8.32. The maximum absolute atomic E-state index is 8.81. The Morgan fingerprint density at radius 2 is 2.38 bits per heavy atom. The molecule has 0 spiro atoms. The summed E-state index contributed by atoms with van der Waals surface area (Å²) in [5, 5.41) is 8.81. The molecular formula is C10H18O3. The van der Waals surface area contributed by atoms with Gasteiger partial charge in [0, 0.05) is 12.5 Å². The highest BCUT2D eigenvalue weighted by Crippen LogP contribution is 2.28. The van der Waals surface area contributed by atoms with Gasteiger partial charge < -0.3 is 14.6 Å². The molecule has 1 N–H and O–H groups in total. The second-order valence-electron chi connectivity index (χ2n) is 3.78. The smallest absolute Gasteiger partial charge is 0.163 e. The van der Waals surface area contributed by atoms with Gasteiger partial charge in [0.2, 0.25) is 0 Å². The summed E-state index contributed by atoms with van der Waals surface area (Å²) in [6, 6.07) is 0. The van der Waals surface area contributed by atoms with Gasteiger partial charge in [-0.1, -0.05) is 6.08 Å². The fourth-order valence-corrected chi connectivity index (χ4v) is 1.53. The molecule has 1 heterocycles. The van der Waals surface area contributed by atoms with Crippen molar-refractivity contribution in [1.29, 1.82) is 0 Å². The lowest BCUT2D eigenvalue weighted by molar-refractivity contribution is -0.142. The number of aliphatic hydroxyl groups is 1. The van der Waals surface area contributed by atoms with E-state index in [4.69, 9.17) is 14.6 Å². The molecule has 0 saturated carbocycles. The van der Waals surface area contributed by atoms with Crippen LogP contribution in [-0.2, 0) is 9.47 Å². The van der Waals surface area contributed by atoms with Crippen LogP contribution in [0.3, 0.4) is 0 Å². The first kappa shape index (κ1) is 10.7. The van der Waals surface area contributed by atoms with E-state index < -0.39 is 5.79 Å². The number of hydrogen-bond donors (Lipinski definition) is 1. The predicted molar refractivity (Wildman–Crippen MR) is 50.3 cm³/mol. The van der Waals surface area contributed by atoms with E-state index in [2.05, 4.69) is 6.58 Å². The maximum Gasteiger partial charge on any atom is 0.163 e. The lowest BCUT2D eigenvalue weighted by Gasteiger charge is -2.21. The predicted octanol–water partition coefficient (Wildman–Crippen LogP) is 1.32. The van der Waals surface area contributed by atoms with Gasteiger partial charge in [-0.2, -0.15) is 0 Å². The maximum atomic E-state index is 8.81. The molecule has 2 atom stereocenters. The van der Waals surface area contributed by atoms with Crippen LogP contribution in [0.5, 0.6) is 0 Å². The molecule has 0 bridgehead atoms. The first-order chi connectivity index (χ1) is 6.09. The quantitative estimate of drug-likeness (QED) is 0.673. The molecule has 3 heteroatoms. The van der Waals surface area contributed by atoms with Gasteiger partial charge in [-0.05, 0) is 20.3 Å². The standard InChI is InChI=1S/C10H18O3/c1-4-8(5-6-11)9-7-12-10(2,3)13-9/h4,8-9,11H,1,5-7H2,2-3H3/t8-,9-/m1/s1. The van der Waals surface area contributed by atoms with Gasteiger partial charge in [-0.15, -0.1) is 6.58 Å². The summed E-state index contributed by atoms with van der Waals surface area (Å²) in [5.41, 5.74) is 0. The third kappa shape index (κ3) is 2.79. The number of rotatable bonds is 4. The number of aliphatic hydroxyl groups excluding tert-OH is 1.